The number of amides is 2. The second kappa shape index (κ2) is 25.3. The molecule has 6 rings (SSSR count). The summed E-state index contributed by atoms with van der Waals surface area (Å²) in [6.07, 6.45) is -51.8. The molecule has 6 aliphatic rings. The summed E-state index contributed by atoms with van der Waals surface area (Å²) in [6, 6.07) is -3.09. The van der Waals surface area contributed by atoms with Crippen molar-refractivity contribution < 1.29 is 149 Å². The minimum Gasteiger partial charge on any atom is -0.394 e. The maximum absolute atomic E-state index is 12.3. The molecule has 0 spiro atoms. The van der Waals surface area contributed by atoms with E-state index < -0.39 is 229 Å². The monoisotopic (exact) mass is 1060 g/mol. The fourth-order valence-corrected chi connectivity index (χ4v) is 9.14. The first-order chi connectivity index (χ1) is 34.0. The summed E-state index contributed by atoms with van der Waals surface area (Å²) in [5.41, 5.74) is 0. The van der Waals surface area contributed by atoms with Gasteiger partial charge >= 0.3 is 0 Å². The van der Waals surface area contributed by atoms with Crippen molar-refractivity contribution in [2.24, 2.45) is 0 Å². The van der Waals surface area contributed by atoms with Gasteiger partial charge in [0.15, 0.2) is 37.7 Å². The van der Waals surface area contributed by atoms with Gasteiger partial charge in [-0.15, -0.1) is 0 Å². The van der Waals surface area contributed by atoms with E-state index in [-0.39, 0.29) is 0 Å². The van der Waals surface area contributed by atoms with E-state index in [1.54, 1.807) is 0 Å². The lowest BCUT2D eigenvalue weighted by atomic mass is 9.94. The molecule has 0 saturated carbocycles. The van der Waals surface area contributed by atoms with E-state index >= 15 is 0 Å². The highest BCUT2D eigenvalue weighted by Crippen LogP contribution is 2.36. The van der Waals surface area contributed by atoms with E-state index in [4.69, 9.17) is 52.1 Å². The lowest BCUT2D eigenvalue weighted by Gasteiger charge is -2.50. The minimum absolute atomic E-state index is 0.682. The fraction of sp³-hybridized carbons (Fsp3) is 0.950. The van der Waals surface area contributed by atoms with Crippen LogP contribution in [0, 0.1) is 0 Å². The zero-order valence-electron chi connectivity index (χ0n) is 38.8. The summed E-state index contributed by atoms with van der Waals surface area (Å²) in [4.78, 5) is 24.2. The Morgan fingerprint density at radius 1 is 0.389 bits per heavy atom. The topological polar surface area (TPSA) is 504 Å². The van der Waals surface area contributed by atoms with Crippen LogP contribution in [-0.4, -0.2) is 316 Å². The maximum Gasteiger partial charge on any atom is 0.217 e. The normalized spacial score (nSPS) is 50.3. The van der Waals surface area contributed by atoms with Crippen LogP contribution in [0.3, 0.4) is 0 Å². The van der Waals surface area contributed by atoms with Gasteiger partial charge in [-0.05, 0) is 6.92 Å². The molecule has 72 heavy (non-hydrogen) atoms. The van der Waals surface area contributed by atoms with Crippen LogP contribution >= 0.6 is 0 Å². The highest BCUT2D eigenvalue weighted by atomic mass is 16.8. The molecule has 0 aromatic carbocycles. The van der Waals surface area contributed by atoms with Crippen LogP contribution in [0.5, 0.6) is 0 Å². The van der Waals surface area contributed by atoms with Gasteiger partial charge in [0.05, 0.1) is 39.1 Å². The average molecular weight is 1060 g/mol. The van der Waals surface area contributed by atoms with Crippen LogP contribution in [0.1, 0.15) is 20.8 Å². The Bertz CT molecular complexity index is 1730. The first kappa shape index (κ1) is 59.1. The Hall–Kier alpha value is -2.18. The number of carbonyl (C=O) groups excluding carboxylic acids is 2. The molecule has 0 aromatic heterocycles. The summed E-state index contributed by atoms with van der Waals surface area (Å²) >= 11 is 0. The molecule has 6 heterocycles. The van der Waals surface area contributed by atoms with Gasteiger partial charge in [0.1, 0.15) is 140 Å². The molecule has 30 atom stereocenters. The third-order valence-corrected chi connectivity index (χ3v) is 13.2. The number of rotatable bonds is 17. The Morgan fingerprint density at radius 3 is 1.42 bits per heavy atom. The van der Waals surface area contributed by atoms with Crippen LogP contribution in [0.15, 0.2) is 0 Å². The van der Waals surface area contributed by atoms with Crippen LogP contribution in [-0.2, 0) is 61.7 Å². The quantitative estimate of drug-likeness (QED) is 0.0643. The third kappa shape index (κ3) is 12.6. The van der Waals surface area contributed by atoms with Crippen molar-refractivity contribution in [3.05, 3.63) is 0 Å². The first-order valence-corrected chi connectivity index (χ1v) is 23.0. The number of nitrogens with one attached hydrogen (secondary N) is 2. The second-order valence-electron chi connectivity index (χ2n) is 18.3. The highest BCUT2D eigenvalue weighted by Gasteiger charge is 2.57. The third-order valence-electron chi connectivity index (χ3n) is 13.2. The lowest BCUT2D eigenvalue weighted by molar-refractivity contribution is -0.397. The molecular weight excluding hydrogens is 988 g/mol. The average Bonchev–Trinajstić information content (AvgIpc) is 3.34. The number of carbonyl (C=O) groups is 2. The molecule has 6 fully saturated rings. The molecule has 1 unspecified atom stereocenters. The Balaban J connectivity index is 1.17. The molecule has 0 bridgehead atoms. The molecule has 418 valence electrons. The Morgan fingerprint density at radius 2 is 0.819 bits per heavy atom. The summed E-state index contributed by atoms with van der Waals surface area (Å²) in [5, 5.41) is 187. The number of hydrogen-bond acceptors (Lipinski definition) is 30. The first-order valence-electron chi connectivity index (χ1n) is 23.0. The van der Waals surface area contributed by atoms with Crippen molar-refractivity contribution in [3.8, 4) is 0 Å². The van der Waals surface area contributed by atoms with E-state index in [1.165, 1.54) is 6.92 Å². The van der Waals surface area contributed by atoms with Crippen molar-refractivity contribution >= 4 is 11.8 Å². The van der Waals surface area contributed by atoms with E-state index in [2.05, 4.69) is 10.6 Å². The van der Waals surface area contributed by atoms with Gasteiger partial charge in [-0.2, -0.15) is 0 Å². The van der Waals surface area contributed by atoms with E-state index in [9.17, 15) is 96.4 Å². The Kier molecular flexibility index (Phi) is 20.8. The van der Waals surface area contributed by atoms with Gasteiger partial charge in [-0.1, -0.05) is 0 Å². The van der Waals surface area contributed by atoms with Crippen LogP contribution < -0.4 is 10.6 Å². The second-order valence-corrected chi connectivity index (χ2v) is 18.3. The molecule has 0 aliphatic carbocycles. The summed E-state index contributed by atoms with van der Waals surface area (Å²) in [7, 11) is 0. The van der Waals surface area contributed by atoms with Gasteiger partial charge in [0.25, 0.3) is 0 Å². The smallest absolute Gasteiger partial charge is 0.217 e. The van der Waals surface area contributed by atoms with Crippen molar-refractivity contribution in [1.29, 1.82) is 0 Å². The zero-order valence-corrected chi connectivity index (χ0v) is 38.8. The highest BCUT2D eigenvalue weighted by molar-refractivity contribution is 5.73. The molecule has 32 nitrogen and oxygen atoms in total. The summed E-state index contributed by atoms with van der Waals surface area (Å²) in [6.45, 7) is -1.10. The SMILES string of the molecule is CC(=O)N[C@H]1[C@H](OC[C@H]2OC(O)[C@H](NC(C)=O)[C@@H](O[C@@H]3O[C@H](CO)[C@H](O[C@H]4O[C@H](CO)[C@H](O)[C@H](O[C@H]5O[C@H](CO)[C@H](O)[C@H](O)[C@H]5O[C@@H]5O[C@@H](C)[C@@H](O)[C@@H](O)[C@@H]5O)[C@H]4O)[C@H](O)[C@H]3O)[C@H]2O)O[C@H](CO)[C@@H](O)[C@@H]1O. The lowest BCUT2D eigenvalue weighted by Crippen LogP contribution is -2.69. The van der Waals surface area contributed by atoms with Crippen molar-refractivity contribution in [2.75, 3.05) is 33.0 Å². The van der Waals surface area contributed by atoms with Gasteiger partial charge in [-0.3, -0.25) is 9.59 Å². The number of aliphatic hydroxyl groups is 17. The van der Waals surface area contributed by atoms with Gasteiger partial charge < -0.3 is 150 Å². The zero-order chi connectivity index (χ0) is 53.2. The van der Waals surface area contributed by atoms with Crippen LogP contribution in [0.25, 0.3) is 0 Å². The van der Waals surface area contributed by atoms with E-state index in [0.29, 0.717) is 0 Å². The number of hydrogen-bond donors (Lipinski definition) is 19. The van der Waals surface area contributed by atoms with Crippen LogP contribution in [0.2, 0.25) is 0 Å². The molecule has 32 heteroatoms. The largest absolute Gasteiger partial charge is 0.394 e. The summed E-state index contributed by atoms with van der Waals surface area (Å²) < 4.78 is 62.4. The van der Waals surface area contributed by atoms with Gasteiger partial charge in [0, 0.05) is 13.8 Å². The maximum atomic E-state index is 12.3. The number of aliphatic hydroxyl groups excluding tert-OH is 17. The number of ether oxygens (including phenoxy) is 11. The molecular formula is C40H68N2O30. The molecule has 0 aromatic rings. The molecule has 19 N–H and O–H groups in total. The van der Waals surface area contributed by atoms with Crippen LogP contribution in [0.4, 0.5) is 0 Å². The van der Waals surface area contributed by atoms with Crippen molar-refractivity contribution in [2.45, 2.75) is 205 Å². The molecule has 2 amide bonds. The van der Waals surface area contributed by atoms with Gasteiger partial charge in [0.2, 0.25) is 11.8 Å². The Labute approximate surface area is 408 Å². The molecule has 6 aliphatic heterocycles. The van der Waals surface area contributed by atoms with E-state index in [1.807, 2.05) is 0 Å². The molecule has 0 radical (unpaired) electrons. The molecule has 6 saturated heterocycles. The predicted octanol–water partition coefficient (Wildman–Crippen LogP) is -12.8. The van der Waals surface area contributed by atoms with Gasteiger partial charge in [-0.25, -0.2) is 0 Å². The minimum atomic E-state index is -2.22. The predicted molar refractivity (Wildman–Crippen MR) is 221 cm³/mol. The standard InChI is InChI=1S/C40H68N2O30/c1-9-19(49)25(55)28(58)37(63-9)72-34-26(56)21(51)13(5-44)67-40(34)71-33-22(52)14(6-45)66-39(30(33)60)69-31-15(7-46)68-38(29(59)27(31)57)70-32-18(42-11(3)48)35(61)64-16(23(32)53)8-62-36-17(41-10(2)47)24(54)20(50)12(4-43)65-36/h9,12-40,43-46,49-61H,4-8H2,1-3H3,(H,41,47)(H,42,48)/t9-,12+,13+,14+,15+,16+,17+,18+,19+,20+,21-,22-,23-,24+,25+,26-,27+,28-,29+,30+,31-,32+,33-,34+,35?,36+,37-,38-,39+,40+/m0/s1. The fourth-order valence-electron chi connectivity index (χ4n) is 9.14. The van der Waals surface area contributed by atoms with Crippen molar-refractivity contribution in [1.82, 2.24) is 10.6 Å². The van der Waals surface area contributed by atoms with E-state index in [0.717, 1.165) is 13.8 Å². The summed E-state index contributed by atoms with van der Waals surface area (Å²) in [5.74, 6) is -1.47. The van der Waals surface area contributed by atoms with Crippen molar-refractivity contribution in [3.63, 3.8) is 0 Å².